The zero-order valence-electron chi connectivity index (χ0n) is 30.1. The molecule has 0 saturated carbocycles. The molecule has 1 nitrogen and oxygen atoms in total. The molecule has 1 heteroatoms. The van der Waals surface area contributed by atoms with Crippen molar-refractivity contribution < 1.29 is 4.74 Å². The van der Waals surface area contributed by atoms with E-state index in [1.807, 2.05) is 0 Å². The molecule has 1 aliphatic heterocycles. The summed E-state index contributed by atoms with van der Waals surface area (Å²) >= 11 is 0. The number of hydrogen-bond acceptors (Lipinski definition) is 1. The molecule has 8 aromatic rings. The number of ether oxygens (including phenoxy) is 1. The lowest BCUT2D eigenvalue weighted by Crippen LogP contribution is -2.36. The van der Waals surface area contributed by atoms with Crippen molar-refractivity contribution >= 4 is 10.8 Å². The maximum atomic E-state index is 6.99. The Hall–Kier alpha value is -6.70. The van der Waals surface area contributed by atoms with Crippen LogP contribution in [0.4, 0.5) is 0 Å². The van der Waals surface area contributed by atoms with Crippen molar-refractivity contribution in [3.63, 3.8) is 0 Å². The maximum Gasteiger partial charge on any atom is 0.132 e. The Morgan fingerprint density at radius 1 is 0.400 bits per heavy atom. The molecule has 13 rings (SSSR count). The van der Waals surface area contributed by atoms with Crippen molar-refractivity contribution in [2.24, 2.45) is 0 Å². The minimum Gasteiger partial charge on any atom is -0.457 e. The molecule has 2 spiro atoms. The molecule has 5 aliphatic rings. The fourth-order valence-corrected chi connectivity index (χ4v) is 11.4. The van der Waals surface area contributed by atoms with Gasteiger partial charge in [0.2, 0.25) is 0 Å². The minimum atomic E-state index is -0.464. The van der Waals surface area contributed by atoms with E-state index in [1.165, 1.54) is 94.2 Å². The van der Waals surface area contributed by atoms with Gasteiger partial charge in [-0.3, -0.25) is 0 Å². The van der Waals surface area contributed by atoms with Crippen LogP contribution >= 0.6 is 0 Å². The van der Waals surface area contributed by atoms with Gasteiger partial charge in [-0.1, -0.05) is 170 Å². The van der Waals surface area contributed by atoms with Gasteiger partial charge in [0.1, 0.15) is 11.5 Å². The highest BCUT2D eigenvalue weighted by Gasteiger charge is 2.54. The molecular formula is C54H34O. The summed E-state index contributed by atoms with van der Waals surface area (Å²) in [6.07, 6.45) is 5.53. The molecular weight excluding hydrogens is 665 g/mol. The standard InChI is InChI=1S/C54H34O/c1-2-14-34-32-52-50(30-33(34)13-1)54(45-22-10-5-17-39(45)40-18-6-11-23-46(40)54)49-31-36(26-28-51(49)55-52)35-25-27-48-42(29-35)41-19-7-12-24-47(41)53(48)43-20-8-3-15-37(43)38-16-4-9-21-44(38)53/h1-30,32,36H,31H2. The van der Waals surface area contributed by atoms with Crippen LogP contribution in [0.25, 0.3) is 44.2 Å². The zero-order chi connectivity index (χ0) is 35.9. The molecule has 0 radical (unpaired) electrons. The predicted molar refractivity (Wildman–Crippen MR) is 223 cm³/mol. The Morgan fingerprint density at radius 2 is 0.855 bits per heavy atom. The van der Waals surface area contributed by atoms with E-state index in [2.05, 4.69) is 188 Å². The largest absolute Gasteiger partial charge is 0.457 e. The zero-order valence-corrected chi connectivity index (χ0v) is 30.1. The van der Waals surface area contributed by atoms with E-state index in [-0.39, 0.29) is 11.3 Å². The van der Waals surface area contributed by atoms with Crippen LogP contribution in [0.3, 0.4) is 0 Å². The lowest BCUT2D eigenvalue weighted by atomic mass is 9.62. The smallest absolute Gasteiger partial charge is 0.132 e. The van der Waals surface area contributed by atoms with E-state index < -0.39 is 5.41 Å². The van der Waals surface area contributed by atoms with Crippen LogP contribution in [0.15, 0.2) is 199 Å². The van der Waals surface area contributed by atoms with Gasteiger partial charge in [-0.05, 0) is 113 Å². The first kappa shape index (κ1) is 29.7. The SMILES string of the molecule is C1=CC(c2ccc3c(c2)-c2ccccc2C32c3ccccc3-c3ccccc32)CC2=C1Oc1cc3ccccc3cc1C21c2ccccc2-c2ccccc21. The van der Waals surface area contributed by atoms with Gasteiger partial charge in [-0.25, -0.2) is 0 Å². The average molecular weight is 699 g/mol. The Labute approximate surface area is 320 Å². The van der Waals surface area contributed by atoms with Crippen molar-refractivity contribution in [1.29, 1.82) is 0 Å². The fraction of sp³-hybridized carbons (Fsp3) is 0.0741. The topological polar surface area (TPSA) is 9.23 Å². The third-order valence-electron chi connectivity index (χ3n) is 13.5. The molecule has 4 aliphatic carbocycles. The summed E-state index contributed by atoms with van der Waals surface area (Å²) in [5.41, 5.74) is 19.3. The van der Waals surface area contributed by atoms with Crippen molar-refractivity contribution in [3.05, 3.63) is 244 Å². The van der Waals surface area contributed by atoms with E-state index in [4.69, 9.17) is 4.74 Å². The molecule has 256 valence electrons. The van der Waals surface area contributed by atoms with E-state index in [0.717, 1.165) is 17.9 Å². The molecule has 0 bridgehead atoms. The van der Waals surface area contributed by atoms with Gasteiger partial charge in [-0.15, -0.1) is 0 Å². The second-order valence-corrected chi connectivity index (χ2v) is 15.8. The van der Waals surface area contributed by atoms with E-state index in [0.29, 0.717) is 0 Å². The van der Waals surface area contributed by atoms with Gasteiger partial charge in [-0.2, -0.15) is 0 Å². The summed E-state index contributed by atoms with van der Waals surface area (Å²) in [4.78, 5) is 0. The summed E-state index contributed by atoms with van der Waals surface area (Å²) < 4.78 is 6.99. The highest BCUT2D eigenvalue weighted by molar-refractivity contribution is 5.96. The second-order valence-electron chi connectivity index (χ2n) is 15.8. The number of fused-ring (bicyclic) bond motifs is 19. The van der Waals surface area contributed by atoms with Gasteiger partial charge in [0, 0.05) is 11.5 Å². The Bertz CT molecular complexity index is 2970. The summed E-state index contributed by atoms with van der Waals surface area (Å²) in [6, 6.07) is 66.1. The van der Waals surface area contributed by atoms with E-state index in [9.17, 15) is 0 Å². The van der Waals surface area contributed by atoms with E-state index in [1.54, 1.807) is 0 Å². The van der Waals surface area contributed by atoms with Crippen LogP contribution in [0.1, 0.15) is 56.8 Å². The lowest BCUT2D eigenvalue weighted by Gasteiger charge is -2.43. The van der Waals surface area contributed by atoms with Gasteiger partial charge in [0.05, 0.1) is 10.8 Å². The summed E-state index contributed by atoms with van der Waals surface area (Å²) in [5.74, 6) is 2.11. The van der Waals surface area contributed by atoms with Gasteiger partial charge in [0.15, 0.2) is 0 Å². The molecule has 1 heterocycles. The highest BCUT2D eigenvalue weighted by atomic mass is 16.5. The first-order valence-corrected chi connectivity index (χ1v) is 19.5. The van der Waals surface area contributed by atoms with Crippen molar-refractivity contribution in [3.8, 4) is 39.1 Å². The van der Waals surface area contributed by atoms with Crippen LogP contribution in [-0.4, -0.2) is 0 Å². The van der Waals surface area contributed by atoms with Crippen LogP contribution in [0.5, 0.6) is 5.75 Å². The third kappa shape index (κ3) is 3.55. The molecule has 1 atom stereocenters. The molecule has 55 heavy (non-hydrogen) atoms. The van der Waals surface area contributed by atoms with Crippen LogP contribution in [0.2, 0.25) is 0 Å². The quantitative estimate of drug-likeness (QED) is 0.166. The monoisotopic (exact) mass is 698 g/mol. The highest BCUT2D eigenvalue weighted by Crippen LogP contribution is 2.65. The fourth-order valence-electron chi connectivity index (χ4n) is 11.4. The number of rotatable bonds is 1. The average Bonchev–Trinajstić information content (AvgIpc) is 3.83. The minimum absolute atomic E-state index is 0.179. The van der Waals surface area contributed by atoms with Crippen molar-refractivity contribution in [1.82, 2.24) is 0 Å². The summed E-state index contributed by atoms with van der Waals surface area (Å²) in [5, 5.41) is 2.43. The van der Waals surface area contributed by atoms with Crippen LogP contribution < -0.4 is 4.74 Å². The Balaban J connectivity index is 1.01. The number of hydrogen-bond donors (Lipinski definition) is 0. The van der Waals surface area contributed by atoms with Gasteiger partial charge < -0.3 is 4.74 Å². The third-order valence-corrected chi connectivity index (χ3v) is 13.5. The second kappa shape index (κ2) is 10.5. The molecule has 0 saturated heterocycles. The predicted octanol–water partition coefficient (Wildman–Crippen LogP) is 12.9. The summed E-state index contributed by atoms with van der Waals surface area (Å²) in [7, 11) is 0. The van der Waals surface area contributed by atoms with Crippen LogP contribution in [-0.2, 0) is 10.8 Å². The first-order chi connectivity index (χ1) is 27.3. The maximum absolute atomic E-state index is 6.99. The molecule has 0 N–H and O–H groups in total. The lowest BCUT2D eigenvalue weighted by molar-refractivity contribution is 0.386. The first-order valence-electron chi connectivity index (χ1n) is 19.5. The summed E-state index contributed by atoms with van der Waals surface area (Å²) in [6.45, 7) is 0. The molecule has 0 amide bonds. The van der Waals surface area contributed by atoms with Crippen LogP contribution in [0, 0.1) is 0 Å². The van der Waals surface area contributed by atoms with Gasteiger partial charge in [0.25, 0.3) is 0 Å². The number of benzene rings is 8. The molecule has 8 aromatic carbocycles. The van der Waals surface area contributed by atoms with Crippen molar-refractivity contribution in [2.45, 2.75) is 23.2 Å². The Kier molecular flexibility index (Phi) is 5.67. The molecule has 1 unspecified atom stereocenters. The van der Waals surface area contributed by atoms with E-state index >= 15 is 0 Å². The van der Waals surface area contributed by atoms with Crippen molar-refractivity contribution in [2.75, 3.05) is 0 Å². The normalized spacial score (nSPS) is 17.9. The Morgan fingerprint density at radius 3 is 1.42 bits per heavy atom. The van der Waals surface area contributed by atoms with Gasteiger partial charge >= 0.3 is 0 Å². The molecule has 0 aromatic heterocycles. The number of allylic oxidation sites excluding steroid dienone is 3. The molecule has 0 fully saturated rings.